The molecule has 0 nitrogen and oxygen atoms in total. The second-order valence-electron chi connectivity index (χ2n) is 6.20. The minimum Gasteiger partial charge on any atom is -0.0950 e. The fraction of sp³-hybridized carbons (Fsp3) is 0.636. The van der Waals surface area contributed by atoms with Gasteiger partial charge in [0.2, 0.25) is 0 Å². The Balaban J connectivity index is -0.000000826. The van der Waals surface area contributed by atoms with Gasteiger partial charge in [-0.25, -0.2) is 0 Å². The van der Waals surface area contributed by atoms with Gasteiger partial charge in [-0.1, -0.05) is 87.1 Å². The summed E-state index contributed by atoms with van der Waals surface area (Å²) in [6.07, 6.45) is 6.67. The van der Waals surface area contributed by atoms with Crippen molar-refractivity contribution in [2.24, 2.45) is 11.3 Å². The van der Waals surface area contributed by atoms with Crippen molar-refractivity contribution in [1.29, 1.82) is 0 Å². The normalized spacial score (nSPS) is 13.0. The first-order chi connectivity index (χ1) is 10.1. The molecule has 0 bridgehead atoms. The van der Waals surface area contributed by atoms with Crippen LogP contribution in [0.15, 0.2) is 47.1 Å². The lowest BCUT2D eigenvalue weighted by Crippen LogP contribution is -2.08. The van der Waals surface area contributed by atoms with E-state index >= 15 is 0 Å². The van der Waals surface area contributed by atoms with Crippen LogP contribution in [0.25, 0.3) is 0 Å². The maximum absolute atomic E-state index is 4.21. The van der Waals surface area contributed by atoms with Gasteiger partial charge in [0.1, 0.15) is 0 Å². The minimum atomic E-state index is 0.189. The van der Waals surface area contributed by atoms with E-state index in [4.69, 9.17) is 0 Å². The number of allylic oxidation sites excluding steroid dienone is 7. The van der Waals surface area contributed by atoms with Crippen molar-refractivity contribution < 1.29 is 0 Å². The minimum absolute atomic E-state index is 0.189. The molecule has 130 valence electrons. The standard InChI is InChI=1S/C18H30.2C2H6/c1-10-16(18(7,8)9)12-14(5)17(11-2)15(6)13(3)4;2*1-2/h10-13H,6H2,1-5,7-9H3;2*1-2H3/b14-12-,16-10+,17-11+;;. The molecule has 0 aromatic heterocycles. The first-order valence-electron chi connectivity index (χ1n) is 8.86. The summed E-state index contributed by atoms with van der Waals surface area (Å²) in [6.45, 7) is 29.7. The van der Waals surface area contributed by atoms with Gasteiger partial charge in [0, 0.05) is 0 Å². The van der Waals surface area contributed by atoms with Crippen LogP contribution in [0.3, 0.4) is 0 Å². The molecule has 0 N–H and O–H groups in total. The van der Waals surface area contributed by atoms with E-state index in [2.05, 4.69) is 80.2 Å². The van der Waals surface area contributed by atoms with E-state index < -0.39 is 0 Å². The molecule has 0 aromatic rings. The maximum atomic E-state index is 4.21. The van der Waals surface area contributed by atoms with Crippen LogP contribution in [0.2, 0.25) is 0 Å². The van der Waals surface area contributed by atoms with Crippen LogP contribution in [0, 0.1) is 11.3 Å². The molecule has 0 amide bonds. The molecule has 0 heterocycles. The van der Waals surface area contributed by atoms with Gasteiger partial charge < -0.3 is 0 Å². The molecule has 0 radical (unpaired) electrons. The zero-order valence-corrected chi connectivity index (χ0v) is 17.5. The summed E-state index contributed by atoms with van der Waals surface area (Å²) in [4.78, 5) is 0. The lowest BCUT2D eigenvalue weighted by Gasteiger charge is -2.22. The van der Waals surface area contributed by atoms with E-state index in [0.717, 1.165) is 0 Å². The van der Waals surface area contributed by atoms with Gasteiger partial charge in [0.15, 0.2) is 0 Å². The number of hydrogen-bond donors (Lipinski definition) is 0. The number of rotatable bonds is 4. The predicted octanol–water partition coefficient (Wildman–Crippen LogP) is 8.14. The molecule has 0 atom stereocenters. The third-order valence-electron chi connectivity index (χ3n) is 3.31. The fourth-order valence-corrected chi connectivity index (χ4v) is 2.02. The molecule has 0 rings (SSSR count). The average molecular weight is 307 g/mol. The monoisotopic (exact) mass is 306 g/mol. The van der Waals surface area contributed by atoms with Gasteiger partial charge in [-0.3, -0.25) is 0 Å². The summed E-state index contributed by atoms with van der Waals surface area (Å²) in [5.74, 6) is 0.489. The molecule has 0 aromatic carbocycles. The molecule has 0 aliphatic heterocycles. The van der Waals surface area contributed by atoms with Crippen molar-refractivity contribution in [1.82, 2.24) is 0 Å². The summed E-state index contributed by atoms with van der Waals surface area (Å²) in [5, 5.41) is 0. The Labute approximate surface area is 142 Å². The van der Waals surface area contributed by atoms with Crippen molar-refractivity contribution in [2.45, 2.75) is 83.1 Å². The van der Waals surface area contributed by atoms with E-state index in [1.807, 2.05) is 27.7 Å². The molecule has 0 aliphatic carbocycles. The van der Waals surface area contributed by atoms with Gasteiger partial charge in [-0.05, 0) is 54.4 Å². The highest BCUT2D eigenvalue weighted by Crippen LogP contribution is 2.30. The van der Waals surface area contributed by atoms with Gasteiger partial charge in [0.05, 0.1) is 0 Å². The van der Waals surface area contributed by atoms with Crippen LogP contribution in [0.4, 0.5) is 0 Å². The van der Waals surface area contributed by atoms with Crippen LogP contribution in [-0.4, -0.2) is 0 Å². The topological polar surface area (TPSA) is 0 Å². The highest BCUT2D eigenvalue weighted by Gasteiger charge is 2.15. The Morgan fingerprint density at radius 2 is 1.32 bits per heavy atom. The van der Waals surface area contributed by atoms with Crippen LogP contribution < -0.4 is 0 Å². The maximum Gasteiger partial charge on any atom is -0.0135 e. The van der Waals surface area contributed by atoms with Gasteiger partial charge >= 0.3 is 0 Å². The fourth-order valence-electron chi connectivity index (χ4n) is 2.02. The Bertz CT molecular complexity index is 379. The summed E-state index contributed by atoms with van der Waals surface area (Å²) in [7, 11) is 0. The lowest BCUT2D eigenvalue weighted by atomic mass is 9.83. The van der Waals surface area contributed by atoms with Crippen LogP contribution >= 0.6 is 0 Å². The molecule has 0 unspecified atom stereocenters. The molecule has 0 fully saturated rings. The quantitative estimate of drug-likeness (QED) is 0.460. The Morgan fingerprint density at radius 3 is 1.55 bits per heavy atom. The summed E-state index contributed by atoms with van der Waals surface area (Å²) in [6, 6.07) is 0. The van der Waals surface area contributed by atoms with Crippen molar-refractivity contribution in [3.63, 3.8) is 0 Å². The molecule has 0 saturated carbocycles. The van der Waals surface area contributed by atoms with Crippen LogP contribution in [0.5, 0.6) is 0 Å². The van der Waals surface area contributed by atoms with Gasteiger partial charge in [-0.15, -0.1) is 0 Å². The summed E-state index contributed by atoms with van der Waals surface area (Å²) >= 11 is 0. The van der Waals surface area contributed by atoms with Crippen molar-refractivity contribution >= 4 is 0 Å². The molecule has 0 saturated heterocycles. The van der Waals surface area contributed by atoms with E-state index in [0.29, 0.717) is 5.92 Å². The van der Waals surface area contributed by atoms with Crippen molar-refractivity contribution in [2.75, 3.05) is 0 Å². The SMILES string of the molecule is C=C(C(=C/C)/C(C)=C\C(=C/C)C(C)(C)C)C(C)C.CC.CC. The van der Waals surface area contributed by atoms with Crippen LogP contribution in [0.1, 0.15) is 83.1 Å². The zero-order valence-electron chi connectivity index (χ0n) is 17.5. The van der Waals surface area contributed by atoms with Gasteiger partial charge in [0.25, 0.3) is 0 Å². The Kier molecular flexibility index (Phi) is 16.0. The largest absolute Gasteiger partial charge is 0.0950 e. The lowest BCUT2D eigenvalue weighted by molar-refractivity contribution is 0.515. The van der Waals surface area contributed by atoms with E-state index in [9.17, 15) is 0 Å². The van der Waals surface area contributed by atoms with Gasteiger partial charge in [-0.2, -0.15) is 0 Å². The highest BCUT2D eigenvalue weighted by atomic mass is 14.2. The molecule has 0 heteroatoms. The van der Waals surface area contributed by atoms with Crippen molar-refractivity contribution in [3.8, 4) is 0 Å². The van der Waals surface area contributed by atoms with Crippen molar-refractivity contribution in [3.05, 3.63) is 47.1 Å². The predicted molar refractivity (Wildman–Crippen MR) is 107 cm³/mol. The third kappa shape index (κ3) is 9.82. The smallest absolute Gasteiger partial charge is 0.0135 e. The molecular formula is C22H42. The zero-order chi connectivity index (χ0) is 18.5. The van der Waals surface area contributed by atoms with E-state index in [-0.39, 0.29) is 5.41 Å². The second-order valence-corrected chi connectivity index (χ2v) is 6.20. The first kappa shape index (κ1) is 25.9. The molecule has 0 aliphatic rings. The first-order valence-corrected chi connectivity index (χ1v) is 8.86. The summed E-state index contributed by atoms with van der Waals surface area (Å²) < 4.78 is 0. The average Bonchev–Trinajstić information content (AvgIpc) is 2.48. The van der Waals surface area contributed by atoms with Crippen LogP contribution in [-0.2, 0) is 0 Å². The summed E-state index contributed by atoms with van der Waals surface area (Å²) in [5.41, 5.74) is 5.37. The second kappa shape index (κ2) is 13.6. The Morgan fingerprint density at radius 1 is 0.909 bits per heavy atom. The van der Waals surface area contributed by atoms with E-state index in [1.165, 1.54) is 22.3 Å². The Hall–Kier alpha value is -1.04. The molecule has 22 heavy (non-hydrogen) atoms. The van der Waals surface area contributed by atoms with E-state index in [1.54, 1.807) is 0 Å². The number of hydrogen-bond acceptors (Lipinski definition) is 0. The molecular weight excluding hydrogens is 264 g/mol. The molecule has 0 spiro atoms. The highest BCUT2D eigenvalue weighted by molar-refractivity contribution is 5.48. The third-order valence-corrected chi connectivity index (χ3v) is 3.31.